The van der Waals surface area contributed by atoms with Gasteiger partial charge in [-0.1, -0.05) is 13.8 Å². The van der Waals surface area contributed by atoms with Crippen LogP contribution in [0.3, 0.4) is 0 Å². The van der Waals surface area contributed by atoms with E-state index in [-0.39, 0.29) is 23.2 Å². The molecule has 1 amide bonds. The van der Waals surface area contributed by atoms with Gasteiger partial charge in [0.2, 0.25) is 0 Å². The smallest absolute Gasteiger partial charge is 0.293 e. The number of methoxy groups -OCH3 is 1. The first kappa shape index (κ1) is 23.1. The average molecular weight is 408 g/mol. The van der Waals surface area contributed by atoms with Crippen molar-refractivity contribution in [1.82, 2.24) is 15.1 Å². The van der Waals surface area contributed by atoms with Crippen molar-refractivity contribution in [1.29, 1.82) is 0 Å². The molecule has 0 aliphatic carbocycles. The summed E-state index contributed by atoms with van der Waals surface area (Å²) in [7, 11) is 3.68. The molecule has 1 heterocycles. The topological polar surface area (TPSA) is 100.0 Å². The summed E-state index contributed by atoms with van der Waals surface area (Å²) >= 11 is 0. The van der Waals surface area contributed by atoms with Gasteiger partial charge in [0.05, 0.1) is 11.5 Å². The van der Waals surface area contributed by atoms with Crippen LogP contribution in [0.25, 0.3) is 0 Å². The molecule has 2 rings (SSSR count). The number of nitro benzene ring substituents is 1. The fraction of sp³-hybridized carbons (Fsp3) is 0.650. The lowest BCUT2D eigenvalue weighted by atomic mass is 10.0. The van der Waals surface area contributed by atoms with E-state index in [1.54, 1.807) is 19.2 Å². The number of rotatable bonds is 10. The normalized spacial score (nSPS) is 16.6. The van der Waals surface area contributed by atoms with Crippen LogP contribution in [-0.4, -0.2) is 86.7 Å². The highest BCUT2D eigenvalue weighted by atomic mass is 16.6. The molecule has 9 heteroatoms. The highest BCUT2D eigenvalue weighted by Crippen LogP contribution is 2.25. The van der Waals surface area contributed by atoms with Crippen molar-refractivity contribution < 1.29 is 14.5 Å². The number of nitrogens with zero attached hydrogens (tertiary/aromatic N) is 3. The van der Waals surface area contributed by atoms with Crippen LogP contribution in [0.5, 0.6) is 0 Å². The largest absolute Gasteiger partial charge is 0.383 e. The number of carbonyl (C=O) groups is 1. The maximum absolute atomic E-state index is 12.7. The zero-order valence-electron chi connectivity index (χ0n) is 17.8. The van der Waals surface area contributed by atoms with E-state index < -0.39 is 4.92 Å². The molecular formula is C20H33N5O4. The number of piperazine rings is 1. The first-order valence-electron chi connectivity index (χ1n) is 10.1. The SMILES string of the molecule is COCCNc1ccc(C(=O)NCC(C(C)C)N2CCN(C)CC2)cc1[N+](=O)[O-]. The average Bonchev–Trinajstić information content (AvgIpc) is 2.69. The minimum atomic E-state index is -0.479. The zero-order valence-corrected chi connectivity index (χ0v) is 17.8. The Morgan fingerprint density at radius 2 is 1.97 bits per heavy atom. The number of likely N-dealkylation sites (N-methyl/N-ethyl adjacent to an activating group) is 1. The Bertz CT molecular complexity index is 689. The fourth-order valence-corrected chi connectivity index (χ4v) is 3.50. The van der Waals surface area contributed by atoms with Crippen molar-refractivity contribution in [2.24, 2.45) is 5.92 Å². The Kier molecular flexibility index (Phi) is 8.81. The molecule has 0 spiro atoms. The van der Waals surface area contributed by atoms with Crippen molar-refractivity contribution in [2.75, 3.05) is 65.3 Å². The predicted molar refractivity (Wildman–Crippen MR) is 113 cm³/mol. The Labute approximate surface area is 172 Å². The van der Waals surface area contributed by atoms with Crippen molar-refractivity contribution in [3.63, 3.8) is 0 Å². The van der Waals surface area contributed by atoms with E-state index in [0.717, 1.165) is 26.2 Å². The van der Waals surface area contributed by atoms with Gasteiger partial charge in [-0.15, -0.1) is 0 Å². The molecule has 9 nitrogen and oxygen atoms in total. The number of amides is 1. The maximum Gasteiger partial charge on any atom is 0.293 e. The van der Waals surface area contributed by atoms with Crippen LogP contribution in [0, 0.1) is 16.0 Å². The summed E-state index contributed by atoms with van der Waals surface area (Å²) in [6, 6.07) is 4.74. The lowest BCUT2D eigenvalue weighted by Crippen LogP contribution is -2.54. The van der Waals surface area contributed by atoms with Crippen LogP contribution in [0.1, 0.15) is 24.2 Å². The van der Waals surface area contributed by atoms with Crippen LogP contribution in [-0.2, 0) is 4.74 Å². The van der Waals surface area contributed by atoms with Crippen molar-refractivity contribution in [2.45, 2.75) is 19.9 Å². The van der Waals surface area contributed by atoms with E-state index in [2.05, 4.69) is 41.3 Å². The van der Waals surface area contributed by atoms with E-state index in [0.29, 0.717) is 31.3 Å². The second kappa shape index (κ2) is 11.1. The molecule has 162 valence electrons. The summed E-state index contributed by atoms with van der Waals surface area (Å²) in [5.74, 6) is 0.0942. The monoisotopic (exact) mass is 407 g/mol. The molecule has 0 aromatic heterocycles. The second-order valence-electron chi connectivity index (χ2n) is 7.77. The summed E-state index contributed by atoms with van der Waals surface area (Å²) in [4.78, 5) is 28.3. The number of anilines is 1. The summed E-state index contributed by atoms with van der Waals surface area (Å²) in [5, 5.41) is 17.3. The van der Waals surface area contributed by atoms with Crippen molar-refractivity contribution >= 4 is 17.3 Å². The maximum atomic E-state index is 12.7. The Morgan fingerprint density at radius 1 is 1.28 bits per heavy atom. The molecule has 1 aliphatic heterocycles. The molecule has 0 bridgehead atoms. The lowest BCUT2D eigenvalue weighted by molar-refractivity contribution is -0.384. The molecule has 2 N–H and O–H groups in total. The molecule has 1 fully saturated rings. The minimum absolute atomic E-state index is 0.117. The van der Waals surface area contributed by atoms with E-state index in [1.165, 1.54) is 6.07 Å². The van der Waals surface area contributed by atoms with E-state index in [1.807, 2.05) is 0 Å². The van der Waals surface area contributed by atoms with Gasteiger partial charge >= 0.3 is 0 Å². The summed E-state index contributed by atoms with van der Waals surface area (Å²) in [5.41, 5.74) is 0.546. The third kappa shape index (κ3) is 6.66. The van der Waals surface area contributed by atoms with Crippen LogP contribution >= 0.6 is 0 Å². The summed E-state index contributed by atoms with van der Waals surface area (Å²) < 4.78 is 4.95. The zero-order chi connectivity index (χ0) is 21.4. The molecule has 1 unspecified atom stereocenters. The highest BCUT2D eigenvalue weighted by molar-refractivity contribution is 5.95. The standard InChI is InChI=1S/C20H33N5O4/c1-15(2)19(24-10-8-23(3)9-11-24)14-22-20(26)16-5-6-17(21-7-12-29-4)18(13-16)25(27)28/h5-6,13,15,19,21H,7-12,14H2,1-4H3,(H,22,26). The number of nitro groups is 1. The van der Waals surface area contributed by atoms with Crippen LogP contribution in [0.15, 0.2) is 18.2 Å². The van der Waals surface area contributed by atoms with Gasteiger partial charge in [-0.3, -0.25) is 19.8 Å². The number of ether oxygens (including phenoxy) is 1. The summed E-state index contributed by atoms with van der Waals surface area (Å²) in [6.07, 6.45) is 0. The first-order valence-corrected chi connectivity index (χ1v) is 10.1. The Balaban J connectivity index is 2.03. The van der Waals surface area contributed by atoms with Crippen LogP contribution in [0.4, 0.5) is 11.4 Å². The van der Waals surface area contributed by atoms with E-state index in [4.69, 9.17) is 4.74 Å². The van der Waals surface area contributed by atoms with Gasteiger partial charge in [0.1, 0.15) is 5.69 Å². The molecule has 1 aromatic carbocycles. The predicted octanol–water partition coefficient (Wildman–Crippen LogP) is 1.65. The number of hydrogen-bond acceptors (Lipinski definition) is 7. The van der Waals surface area contributed by atoms with Gasteiger partial charge in [0.25, 0.3) is 11.6 Å². The highest BCUT2D eigenvalue weighted by Gasteiger charge is 2.26. The van der Waals surface area contributed by atoms with Gasteiger partial charge in [0.15, 0.2) is 0 Å². The quantitative estimate of drug-likeness (QED) is 0.346. The van der Waals surface area contributed by atoms with Crippen LogP contribution < -0.4 is 10.6 Å². The Hall–Kier alpha value is -2.23. The van der Waals surface area contributed by atoms with Crippen LogP contribution in [0.2, 0.25) is 0 Å². The lowest BCUT2D eigenvalue weighted by Gasteiger charge is -2.39. The third-order valence-corrected chi connectivity index (χ3v) is 5.33. The van der Waals surface area contributed by atoms with E-state index >= 15 is 0 Å². The van der Waals surface area contributed by atoms with Gasteiger partial charge in [-0.2, -0.15) is 0 Å². The van der Waals surface area contributed by atoms with Crippen molar-refractivity contribution in [3.05, 3.63) is 33.9 Å². The van der Waals surface area contributed by atoms with Gasteiger partial charge in [-0.25, -0.2) is 0 Å². The minimum Gasteiger partial charge on any atom is -0.383 e. The number of nitrogens with one attached hydrogen (secondary N) is 2. The second-order valence-corrected chi connectivity index (χ2v) is 7.77. The number of benzene rings is 1. The van der Waals surface area contributed by atoms with E-state index in [9.17, 15) is 14.9 Å². The fourth-order valence-electron chi connectivity index (χ4n) is 3.50. The van der Waals surface area contributed by atoms with Gasteiger partial charge < -0.3 is 20.3 Å². The third-order valence-electron chi connectivity index (χ3n) is 5.33. The van der Waals surface area contributed by atoms with Gasteiger partial charge in [-0.05, 0) is 25.1 Å². The molecule has 1 aliphatic rings. The number of hydrogen-bond donors (Lipinski definition) is 2. The Morgan fingerprint density at radius 3 is 2.55 bits per heavy atom. The van der Waals surface area contributed by atoms with Gasteiger partial charge in [0, 0.05) is 64.0 Å². The molecule has 0 saturated carbocycles. The van der Waals surface area contributed by atoms with Crippen molar-refractivity contribution in [3.8, 4) is 0 Å². The molecule has 0 radical (unpaired) electrons. The molecule has 1 atom stereocenters. The molecule has 1 aromatic rings. The molecule has 29 heavy (non-hydrogen) atoms. The molecule has 1 saturated heterocycles. The summed E-state index contributed by atoms with van der Waals surface area (Å²) in [6.45, 7) is 9.68. The molecular weight excluding hydrogens is 374 g/mol. The first-order chi connectivity index (χ1) is 13.8. The number of carbonyl (C=O) groups excluding carboxylic acids is 1.